The van der Waals surface area contributed by atoms with Crippen molar-refractivity contribution in [2.75, 3.05) is 6.61 Å². The summed E-state index contributed by atoms with van der Waals surface area (Å²) in [5.74, 6) is 1.83. The Balaban J connectivity index is 1.82. The highest BCUT2D eigenvalue weighted by Gasteiger charge is 2.07. The van der Waals surface area contributed by atoms with Crippen LogP contribution in [-0.2, 0) is 6.61 Å². The van der Waals surface area contributed by atoms with Crippen molar-refractivity contribution >= 4 is 10.8 Å². The molecule has 0 radical (unpaired) electrons. The summed E-state index contributed by atoms with van der Waals surface area (Å²) in [4.78, 5) is 0. The molecule has 0 atom stereocenters. The van der Waals surface area contributed by atoms with Crippen LogP contribution >= 0.6 is 0 Å². The number of hydrogen-bond acceptors (Lipinski definition) is 2. The number of ether oxygens (including phenoxy) is 2. The van der Waals surface area contributed by atoms with Crippen LogP contribution in [-0.4, -0.2) is 6.61 Å². The predicted octanol–water partition coefficient (Wildman–Crippen LogP) is 5.60. The zero-order valence-electron chi connectivity index (χ0n) is 13.5. The monoisotopic (exact) mass is 306 g/mol. The van der Waals surface area contributed by atoms with Crippen LogP contribution in [0.4, 0.5) is 0 Å². The van der Waals surface area contributed by atoms with Gasteiger partial charge < -0.3 is 9.47 Å². The van der Waals surface area contributed by atoms with Gasteiger partial charge in [0.25, 0.3) is 0 Å². The third kappa shape index (κ3) is 3.84. The van der Waals surface area contributed by atoms with E-state index in [4.69, 9.17) is 9.47 Å². The minimum Gasteiger partial charge on any atom is -0.493 e. The minimum atomic E-state index is 0.570. The third-order valence-electron chi connectivity index (χ3n) is 3.83. The van der Waals surface area contributed by atoms with Crippen molar-refractivity contribution in [3.05, 3.63) is 72.3 Å². The summed E-state index contributed by atoms with van der Waals surface area (Å²) >= 11 is 0. The van der Waals surface area contributed by atoms with Gasteiger partial charge >= 0.3 is 0 Å². The Hall–Kier alpha value is -2.48. The highest BCUT2D eigenvalue weighted by atomic mass is 16.5. The second-order valence-corrected chi connectivity index (χ2v) is 5.58. The second kappa shape index (κ2) is 7.68. The van der Waals surface area contributed by atoms with Crippen LogP contribution in [0.1, 0.15) is 25.3 Å². The first-order valence-electron chi connectivity index (χ1n) is 8.19. The molecule has 0 saturated carbocycles. The van der Waals surface area contributed by atoms with Gasteiger partial charge in [-0.25, -0.2) is 0 Å². The molecule has 2 nitrogen and oxygen atoms in total. The zero-order valence-corrected chi connectivity index (χ0v) is 13.5. The molecule has 23 heavy (non-hydrogen) atoms. The Kier molecular flexibility index (Phi) is 5.15. The van der Waals surface area contributed by atoms with E-state index in [0.717, 1.165) is 41.7 Å². The van der Waals surface area contributed by atoms with Crippen LogP contribution in [0.25, 0.3) is 10.8 Å². The largest absolute Gasteiger partial charge is 0.493 e. The molecule has 0 saturated heterocycles. The van der Waals surface area contributed by atoms with Crippen molar-refractivity contribution in [1.29, 1.82) is 0 Å². The number of rotatable bonds is 7. The maximum atomic E-state index is 6.03. The Morgan fingerprint density at radius 2 is 1.35 bits per heavy atom. The van der Waals surface area contributed by atoms with Crippen LogP contribution < -0.4 is 9.47 Å². The molecule has 0 aliphatic carbocycles. The Labute approximate surface area is 137 Å². The molecule has 3 aromatic rings. The van der Waals surface area contributed by atoms with Crippen LogP contribution in [0.3, 0.4) is 0 Å². The molecule has 3 rings (SSSR count). The quantitative estimate of drug-likeness (QED) is 0.529. The van der Waals surface area contributed by atoms with Crippen LogP contribution in [0.5, 0.6) is 11.5 Å². The van der Waals surface area contributed by atoms with Gasteiger partial charge in [0, 0.05) is 10.8 Å². The van der Waals surface area contributed by atoms with Crippen LogP contribution in [0.2, 0.25) is 0 Å². The molecule has 0 aliphatic rings. The van der Waals surface area contributed by atoms with E-state index in [1.807, 2.05) is 42.5 Å². The lowest BCUT2D eigenvalue weighted by molar-refractivity contribution is 0.308. The summed E-state index contributed by atoms with van der Waals surface area (Å²) in [6.45, 7) is 3.49. The fourth-order valence-electron chi connectivity index (χ4n) is 2.57. The van der Waals surface area contributed by atoms with Gasteiger partial charge in [0.05, 0.1) is 6.61 Å². The van der Waals surface area contributed by atoms with Crippen molar-refractivity contribution in [2.45, 2.75) is 26.4 Å². The molecule has 0 aromatic heterocycles. The van der Waals surface area contributed by atoms with Gasteiger partial charge in [0.2, 0.25) is 0 Å². The van der Waals surface area contributed by atoms with Gasteiger partial charge in [0.1, 0.15) is 18.1 Å². The minimum absolute atomic E-state index is 0.570. The van der Waals surface area contributed by atoms with E-state index in [-0.39, 0.29) is 0 Å². The molecule has 0 amide bonds. The Morgan fingerprint density at radius 3 is 2.00 bits per heavy atom. The van der Waals surface area contributed by atoms with E-state index in [1.165, 1.54) is 5.56 Å². The summed E-state index contributed by atoms with van der Waals surface area (Å²) in [7, 11) is 0. The summed E-state index contributed by atoms with van der Waals surface area (Å²) in [5.41, 5.74) is 1.17. The van der Waals surface area contributed by atoms with Gasteiger partial charge in [-0.05, 0) is 24.1 Å². The highest BCUT2D eigenvalue weighted by molar-refractivity contribution is 5.93. The molecule has 0 spiro atoms. The maximum Gasteiger partial charge on any atom is 0.127 e. The molecular formula is C21H22O2. The molecular weight excluding hydrogens is 284 g/mol. The lowest BCUT2D eigenvalue weighted by Gasteiger charge is -2.13. The van der Waals surface area contributed by atoms with Crippen LogP contribution in [0, 0.1) is 0 Å². The van der Waals surface area contributed by atoms with E-state index in [2.05, 4.69) is 31.2 Å². The number of fused-ring (bicyclic) bond motifs is 1. The average molecular weight is 306 g/mol. The average Bonchev–Trinajstić information content (AvgIpc) is 2.61. The second-order valence-electron chi connectivity index (χ2n) is 5.58. The summed E-state index contributed by atoms with van der Waals surface area (Å²) < 4.78 is 12.0. The fourth-order valence-corrected chi connectivity index (χ4v) is 2.57. The predicted molar refractivity (Wildman–Crippen MR) is 95.1 cm³/mol. The van der Waals surface area contributed by atoms with E-state index >= 15 is 0 Å². The molecule has 118 valence electrons. The van der Waals surface area contributed by atoms with Gasteiger partial charge in [-0.3, -0.25) is 0 Å². The first-order chi connectivity index (χ1) is 11.4. The van der Waals surface area contributed by atoms with Crippen molar-refractivity contribution in [2.24, 2.45) is 0 Å². The van der Waals surface area contributed by atoms with E-state index in [9.17, 15) is 0 Å². The lowest BCUT2D eigenvalue weighted by atomic mass is 10.1. The summed E-state index contributed by atoms with van der Waals surface area (Å²) in [5, 5.41) is 2.20. The molecule has 2 heteroatoms. The smallest absolute Gasteiger partial charge is 0.127 e. The lowest BCUT2D eigenvalue weighted by Crippen LogP contribution is -1.98. The SMILES string of the molecule is CCCCOc1cccc2c(OCc3ccccc3)cccc12. The number of unbranched alkanes of at least 4 members (excludes halogenated alkanes) is 1. The molecule has 0 aliphatic heterocycles. The maximum absolute atomic E-state index is 6.03. The molecule has 0 fully saturated rings. The third-order valence-corrected chi connectivity index (χ3v) is 3.83. The number of benzene rings is 3. The van der Waals surface area contributed by atoms with Crippen molar-refractivity contribution in [1.82, 2.24) is 0 Å². The van der Waals surface area contributed by atoms with E-state index < -0.39 is 0 Å². The fraction of sp³-hybridized carbons (Fsp3) is 0.238. The highest BCUT2D eigenvalue weighted by Crippen LogP contribution is 2.32. The Bertz CT molecular complexity index is 750. The summed E-state index contributed by atoms with van der Waals surface area (Å²) in [6, 6.07) is 22.5. The van der Waals surface area contributed by atoms with Gasteiger partial charge in [-0.1, -0.05) is 67.9 Å². The van der Waals surface area contributed by atoms with Gasteiger partial charge in [-0.2, -0.15) is 0 Å². The molecule has 0 N–H and O–H groups in total. The standard InChI is InChI=1S/C21H22O2/c1-2-3-15-22-20-13-7-12-19-18(20)11-8-14-21(19)23-16-17-9-5-4-6-10-17/h4-14H,2-3,15-16H2,1H3. The molecule has 0 bridgehead atoms. The molecule has 0 unspecified atom stereocenters. The zero-order chi connectivity index (χ0) is 15.9. The van der Waals surface area contributed by atoms with E-state index in [0.29, 0.717) is 6.61 Å². The Morgan fingerprint density at radius 1 is 0.696 bits per heavy atom. The normalized spacial score (nSPS) is 10.7. The van der Waals surface area contributed by atoms with E-state index in [1.54, 1.807) is 0 Å². The molecule has 3 aromatic carbocycles. The first kappa shape index (κ1) is 15.4. The molecule has 0 heterocycles. The summed E-state index contributed by atoms with van der Waals surface area (Å²) in [6.07, 6.45) is 2.21. The van der Waals surface area contributed by atoms with Crippen molar-refractivity contribution in [3.8, 4) is 11.5 Å². The topological polar surface area (TPSA) is 18.5 Å². The van der Waals surface area contributed by atoms with Crippen LogP contribution in [0.15, 0.2) is 66.7 Å². The van der Waals surface area contributed by atoms with Crippen molar-refractivity contribution < 1.29 is 9.47 Å². The first-order valence-corrected chi connectivity index (χ1v) is 8.19. The number of hydrogen-bond donors (Lipinski definition) is 0. The van der Waals surface area contributed by atoms with Crippen molar-refractivity contribution in [3.63, 3.8) is 0 Å². The van der Waals surface area contributed by atoms with Gasteiger partial charge in [-0.15, -0.1) is 0 Å². The van der Waals surface area contributed by atoms with Gasteiger partial charge in [0.15, 0.2) is 0 Å².